The molecule has 47 heavy (non-hydrogen) atoms. The summed E-state index contributed by atoms with van der Waals surface area (Å²) in [6, 6.07) is 35.7. The number of ether oxygens (including phenoxy) is 1. The van der Waals surface area contributed by atoms with Crippen LogP contribution in [0.25, 0.3) is 16.8 Å². The Hall–Kier alpha value is -4.67. The topological polar surface area (TPSA) is 16.4 Å². The van der Waals surface area contributed by atoms with E-state index >= 15 is 0 Å². The van der Waals surface area contributed by atoms with Gasteiger partial charge in [-0.1, -0.05) is 105 Å². The second kappa shape index (κ2) is 9.02. The zero-order valence-electron chi connectivity index (χ0n) is 27.7. The Labute approximate surface area is 278 Å². The molecule has 5 unspecified atom stereocenters. The second-order valence-corrected chi connectivity index (χ2v) is 20.4. The van der Waals surface area contributed by atoms with Crippen molar-refractivity contribution in [3.8, 4) is 5.75 Å². The molecule has 2 aliphatic carbocycles. The lowest BCUT2D eigenvalue weighted by Gasteiger charge is -2.45. The van der Waals surface area contributed by atoms with Crippen molar-refractivity contribution in [1.29, 1.82) is 0 Å². The van der Waals surface area contributed by atoms with Crippen LogP contribution in [0.1, 0.15) is 53.8 Å². The molecule has 4 aliphatic heterocycles. The largest absolute Gasteiger partial charge is 0.484 e. The first-order chi connectivity index (χ1) is 22.7. The van der Waals surface area contributed by atoms with Crippen molar-refractivity contribution in [1.82, 2.24) is 4.90 Å². The number of aromatic nitrogens is 1. The highest BCUT2D eigenvalue weighted by atomic mass is 28.3. The Morgan fingerprint density at radius 2 is 1.53 bits per heavy atom. The van der Waals surface area contributed by atoms with Gasteiger partial charge in [0.25, 0.3) is 0 Å². The molecular formula is C43H39N2OSi+. The van der Waals surface area contributed by atoms with Gasteiger partial charge in [0.05, 0.1) is 42.1 Å². The van der Waals surface area contributed by atoms with E-state index in [1.165, 1.54) is 61.1 Å². The number of nitrogens with zero attached hydrogens (tertiary/aromatic N) is 2. The molecule has 1 aromatic heterocycles. The minimum atomic E-state index is -1.55. The van der Waals surface area contributed by atoms with Crippen molar-refractivity contribution in [2.24, 2.45) is 0 Å². The zero-order valence-corrected chi connectivity index (χ0v) is 28.7. The fourth-order valence-corrected chi connectivity index (χ4v) is 10.8. The van der Waals surface area contributed by atoms with Crippen LogP contribution in [-0.2, 0) is 5.41 Å². The van der Waals surface area contributed by atoms with E-state index in [0.717, 1.165) is 5.75 Å². The molecule has 0 amide bonds. The summed E-state index contributed by atoms with van der Waals surface area (Å²) in [5.74, 6) is 1.14. The van der Waals surface area contributed by atoms with Crippen LogP contribution >= 0.6 is 0 Å². The number of benzene rings is 3. The normalized spacial score (nSPS) is 30.6. The number of fused-ring (bicyclic) bond motifs is 12. The Kier molecular flexibility index (Phi) is 5.27. The lowest BCUT2D eigenvalue weighted by atomic mass is 9.75. The molecule has 4 aromatic rings. The summed E-state index contributed by atoms with van der Waals surface area (Å²) in [4.78, 5) is 2.72. The van der Waals surface area contributed by atoms with E-state index in [-0.39, 0.29) is 29.0 Å². The minimum absolute atomic E-state index is 0.0907. The fraction of sp³-hybridized carbons (Fsp3) is 0.233. The molecule has 3 aromatic carbocycles. The van der Waals surface area contributed by atoms with E-state index in [9.17, 15) is 0 Å². The number of hydrogen-bond donors (Lipinski definition) is 0. The van der Waals surface area contributed by atoms with Crippen molar-refractivity contribution < 1.29 is 9.30 Å². The van der Waals surface area contributed by atoms with Gasteiger partial charge >= 0.3 is 0 Å². The van der Waals surface area contributed by atoms with Crippen LogP contribution in [-0.4, -0.2) is 24.6 Å². The van der Waals surface area contributed by atoms with Gasteiger partial charge in [-0.2, -0.15) is 4.57 Å². The number of hydrogen-bond acceptors (Lipinski definition) is 2. The smallest absolute Gasteiger partial charge is 0.221 e. The molecule has 6 aliphatic rings. The van der Waals surface area contributed by atoms with Crippen molar-refractivity contribution in [3.05, 3.63) is 172 Å². The third kappa shape index (κ3) is 3.34. The molecule has 3 nitrogen and oxygen atoms in total. The lowest BCUT2D eigenvalue weighted by Crippen LogP contribution is -2.45. The van der Waals surface area contributed by atoms with Gasteiger partial charge in [-0.25, -0.2) is 0 Å². The standard InChI is InChI=1S/C43H39N2OSi/c1-42-33-19-11-9-17-29(33)34-23-22-28(47(3,4)5)26-45(34)43(42,2)41(42)39-32-25-31(27-15-7-6-8-16-27)37-30-18-10-12-21-36(30)46-40(37)38(32)35-20-13-14-24-44(35)39/h6-26,34,37,40H,1-5H3/q+1/b41-39-. The summed E-state index contributed by atoms with van der Waals surface area (Å²) in [6.45, 7) is 12.4. The SMILES string of the molecule is CC12/C(=C3\C4=C(c5cccc[n+]53)C3Oc5ccccc5C3C(c3ccccc3)=C4)C1(C)N1C=C([Si](C)(C)C)C=CC1c1ccccc12. The average Bonchev–Trinajstić information content (AvgIpc) is 3.33. The van der Waals surface area contributed by atoms with Gasteiger partial charge in [-0.3, -0.25) is 0 Å². The number of allylic oxidation sites excluding steroid dienone is 5. The molecule has 0 N–H and O–H groups in total. The van der Waals surface area contributed by atoms with Gasteiger partial charge in [-0.15, -0.1) is 0 Å². The van der Waals surface area contributed by atoms with Gasteiger partial charge in [-0.05, 0) is 59.5 Å². The monoisotopic (exact) mass is 627 g/mol. The lowest BCUT2D eigenvalue weighted by molar-refractivity contribution is -0.579. The first-order valence-electron chi connectivity index (χ1n) is 17.0. The Bertz CT molecular complexity index is 2220. The maximum absolute atomic E-state index is 6.99. The Morgan fingerprint density at radius 1 is 0.809 bits per heavy atom. The Balaban J connectivity index is 1.27. The molecule has 230 valence electrons. The zero-order chi connectivity index (χ0) is 31.9. The molecule has 0 radical (unpaired) electrons. The van der Waals surface area contributed by atoms with Crippen molar-refractivity contribution in [2.45, 2.75) is 62.5 Å². The predicted molar refractivity (Wildman–Crippen MR) is 192 cm³/mol. The summed E-state index contributed by atoms with van der Waals surface area (Å²) in [5.41, 5.74) is 13.1. The highest BCUT2D eigenvalue weighted by Crippen LogP contribution is 2.73. The third-order valence-electron chi connectivity index (χ3n) is 12.1. The van der Waals surface area contributed by atoms with Crippen molar-refractivity contribution in [3.63, 3.8) is 0 Å². The Morgan fingerprint density at radius 3 is 2.34 bits per heavy atom. The third-order valence-corrected chi connectivity index (χ3v) is 14.2. The van der Waals surface area contributed by atoms with Crippen LogP contribution in [0.2, 0.25) is 19.6 Å². The van der Waals surface area contributed by atoms with Gasteiger partial charge < -0.3 is 9.64 Å². The molecule has 10 rings (SSSR count). The van der Waals surface area contributed by atoms with Crippen LogP contribution < -0.4 is 9.30 Å². The van der Waals surface area contributed by atoms with Gasteiger partial charge in [0.2, 0.25) is 11.4 Å². The molecule has 5 atom stereocenters. The summed E-state index contributed by atoms with van der Waals surface area (Å²) in [5, 5.41) is 1.51. The highest BCUT2D eigenvalue weighted by molar-refractivity contribution is 6.83. The van der Waals surface area contributed by atoms with Gasteiger partial charge in [0, 0.05) is 29.5 Å². The van der Waals surface area contributed by atoms with E-state index in [0.29, 0.717) is 0 Å². The first kappa shape index (κ1) is 27.4. The van der Waals surface area contributed by atoms with Gasteiger partial charge in [0.15, 0.2) is 6.20 Å². The van der Waals surface area contributed by atoms with Crippen LogP contribution in [0.4, 0.5) is 0 Å². The summed E-state index contributed by atoms with van der Waals surface area (Å²) < 4.78 is 9.47. The predicted octanol–water partition coefficient (Wildman–Crippen LogP) is 9.01. The average molecular weight is 628 g/mol. The fourth-order valence-electron chi connectivity index (χ4n) is 9.66. The minimum Gasteiger partial charge on any atom is -0.484 e. The van der Waals surface area contributed by atoms with E-state index in [1.54, 1.807) is 0 Å². The molecule has 0 bridgehead atoms. The van der Waals surface area contributed by atoms with E-state index < -0.39 is 8.07 Å². The molecule has 0 spiro atoms. The van der Waals surface area contributed by atoms with Crippen LogP contribution in [0, 0.1) is 0 Å². The molecule has 0 saturated heterocycles. The second-order valence-electron chi connectivity index (χ2n) is 15.4. The number of rotatable bonds is 2. The number of para-hydroxylation sites is 1. The van der Waals surface area contributed by atoms with Gasteiger partial charge in [0.1, 0.15) is 11.9 Å². The summed E-state index contributed by atoms with van der Waals surface area (Å²) >= 11 is 0. The van der Waals surface area contributed by atoms with Crippen molar-refractivity contribution >= 4 is 24.9 Å². The molecular weight excluding hydrogens is 589 g/mol. The van der Waals surface area contributed by atoms with E-state index in [4.69, 9.17) is 4.74 Å². The molecule has 1 saturated carbocycles. The maximum atomic E-state index is 6.99. The van der Waals surface area contributed by atoms with E-state index in [1.807, 2.05) is 0 Å². The van der Waals surface area contributed by atoms with Crippen molar-refractivity contribution in [2.75, 3.05) is 0 Å². The highest BCUT2D eigenvalue weighted by Gasteiger charge is 2.77. The first-order valence-corrected chi connectivity index (χ1v) is 20.5. The quantitative estimate of drug-likeness (QED) is 0.163. The molecule has 5 heterocycles. The van der Waals surface area contributed by atoms with Crippen LogP contribution in [0.15, 0.2) is 144 Å². The summed E-state index contributed by atoms with van der Waals surface area (Å²) in [6.07, 6.45) is 12.2. The molecule has 1 fully saturated rings. The van der Waals surface area contributed by atoms with E-state index in [2.05, 4.69) is 171 Å². The molecule has 4 heteroatoms. The summed E-state index contributed by atoms with van der Waals surface area (Å²) in [7, 11) is -1.55. The van der Waals surface area contributed by atoms with Crippen LogP contribution in [0.5, 0.6) is 5.75 Å². The maximum Gasteiger partial charge on any atom is 0.221 e. The van der Waals surface area contributed by atoms with Crippen LogP contribution in [0.3, 0.4) is 0 Å². The number of pyridine rings is 1.